The van der Waals surface area contributed by atoms with Crippen LogP contribution in [0.25, 0.3) is 0 Å². The Bertz CT molecular complexity index is 362. The Labute approximate surface area is 137 Å². The maximum atomic E-state index is 6.00. The van der Waals surface area contributed by atoms with Crippen LogP contribution in [0.2, 0.25) is 0 Å². The van der Waals surface area contributed by atoms with Gasteiger partial charge in [0.2, 0.25) is 0 Å². The first-order valence-electron chi connectivity index (χ1n) is 6.53. The van der Waals surface area contributed by atoms with E-state index in [4.69, 9.17) is 5.73 Å². The second-order valence-electron chi connectivity index (χ2n) is 4.81. The van der Waals surface area contributed by atoms with E-state index in [1.807, 2.05) is 0 Å². The second-order valence-corrected chi connectivity index (χ2v) is 8.06. The predicted molar refractivity (Wildman–Crippen MR) is 91.9 cm³/mol. The third kappa shape index (κ3) is 5.44. The van der Waals surface area contributed by atoms with Crippen molar-refractivity contribution < 1.29 is 0 Å². The first-order valence-corrected chi connectivity index (χ1v) is 8.93. The van der Waals surface area contributed by atoms with Crippen molar-refractivity contribution in [3.63, 3.8) is 0 Å². The molecule has 0 aromatic carbocycles. The van der Waals surface area contributed by atoms with Gasteiger partial charge in [0.25, 0.3) is 0 Å². The number of rotatable bonds is 8. The molecule has 1 atom stereocenters. The molecule has 0 aliphatic heterocycles. The van der Waals surface area contributed by atoms with Crippen LogP contribution >= 0.6 is 43.2 Å². The van der Waals surface area contributed by atoms with E-state index >= 15 is 0 Å². The van der Waals surface area contributed by atoms with Gasteiger partial charge in [0.15, 0.2) is 0 Å². The van der Waals surface area contributed by atoms with Crippen LogP contribution < -0.4 is 5.73 Å². The predicted octanol–water partition coefficient (Wildman–Crippen LogP) is 3.55. The Hall–Kier alpha value is 0.540. The molecule has 110 valence electrons. The lowest BCUT2D eigenvalue weighted by molar-refractivity contribution is 0.204. The zero-order valence-corrected chi connectivity index (χ0v) is 15.8. The first-order chi connectivity index (χ1) is 8.99. The number of thiophene rings is 1. The highest BCUT2D eigenvalue weighted by atomic mass is 79.9. The van der Waals surface area contributed by atoms with E-state index in [0.29, 0.717) is 12.6 Å². The fourth-order valence-corrected chi connectivity index (χ4v) is 4.33. The van der Waals surface area contributed by atoms with Crippen LogP contribution in [0.5, 0.6) is 0 Å². The zero-order valence-electron chi connectivity index (χ0n) is 11.8. The molecule has 0 saturated carbocycles. The van der Waals surface area contributed by atoms with Crippen molar-refractivity contribution in [2.24, 2.45) is 5.73 Å². The number of hydrogen-bond acceptors (Lipinski definition) is 4. The molecule has 19 heavy (non-hydrogen) atoms. The van der Waals surface area contributed by atoms with Crippen molar-refractivity contribution in [3.05, 3.63) is 19.2 Å². The minimum absolute atomic E-state index is 0.319. The van der Waals surface area contributed by atoms with E-state index in [1.165, 1.54) is 11.3 Å². The molecule has 1 aromatic heterocycles. The Balaban J connectivity index is 2.69. The minimum atomic E-state index is 0.319. The molecule has 0 spiro atoms. The summed E-state index contributed by atoms with van der Waals surface area (Å²) >= 11 is 8.88. The summed E-state index contributed by atoms with van der Waals surface area (Å²) in [6.45, 7) is 6.10. The highest BCUT2D eigenvalue weighted by molar-refractivity contribution is 9.13. The molecule has 0 bridgehead atoms. The maximum Gasteiger partial charge on any atom is 0.0843 e. The van der Waals surface area contributed by atoms with Gasteiger partial charge in [-0.05, 0) is 71.5 Å². The quantitative estimate of drug-likeness (QED) is 0.708. The molecule has 1 aromatic rings. The van der Waals surface area contributed by atoms with Gasteiger partial charge in [-0.25, -0.2) is 0 Å². The zero-order chi connectivity index (χ0) is 14.4. The molecule has 0 saturated heterocycles. The van der Waals surface area contributed by atoms with Gasteiger partial charge in [0.1, 0.15) is 0 Å². The van der Waals surface area contributed by atoms with Gasteiger partial charge in [0, 0.05) is 22.4 Å². The molecule has 0 fully saturated rings. The molecule has 1 heterocycles. The van der Waals surface area contributed by atoms with Crippen LogP contribution in [-0.2, 0) is 0 Å². The van der Waals surface area contributed by atoms with Gasteiger partial charge in [0.05, 0.1) is 9.83 Å². The van der Waals surface area contributed by atoms with Crippen molar-refractivity contribution >= 4 is 43.2 Å². The molecule has 2 N–H and O–H groups in total. The molecule has 0 radical (unpaired) electrons. The Morgan fingerprint density at radius 3 is 2.42 bits per heavy atom. The summed E-state index contributed by atoms with van der Waals surface area (Å²) in [4.78, 5) is 6.02. The highest BCUT2D eigenvalue weighted by Crippen LogP contribution is 2.37. The van der Waals surface area contributed by atoms with Crippen LogP contribution in [0, 0.1) is 0 Å². The van der Waals surface area contributed by atoms with Crippen molar-refractivity contribution in [3.8, 4) is 0 Å². The summed E-state index contributed by atoms with van der Waals surface area (Å²) in [5.41, 5.74) is 6.00. The average molecular weight is 413 g/mol. The lowest BCUT2D eigenvalue weighted by Crippen LogP contribution is -2.35. The minimum Gasteiger partial charge on any atom is -0.329 e. The summed E-state index contributed by atoms with van der Waals surface area (Å²) < 4.78 is 2.26. The molecular formula is C13H23Br2N3S. The van der Waals surface area contributed by atoms with Gasteiger partial charge < -0.3 is 10.6 Å². The van der Waals surface area contributed by atoms with Crippen molar-refractivity contribution in [1.29, 1.82) is 0 Å². The Kier molecular flexibility index (Phi) is 8.10. The maximum absolute atomic E-state index is 6.00. The Morgan fingerprint density at radius 2 is 2.00 bits per heavy atom. The fraction of sp³-hybridized carbons (Fsp3) is 0.692. The summed E-state index contributed by atoms with van der Waals surface area (Å²) in [6.07, 6.45) is 1.17. The second kappa shape index (κ2) is 8.74. The molecule has 0 amide bonds. The summed E-state index contributed by atoms with van der Waals surface area (Å²) in [5, 5.41) is 0. The number of likely N-dealkylation sites (N-methyl/N-ethyl adjacent to an activating group) is 1. The normalized spacial score (nSPS) is 13.5. The third-order valence-corrected chi connectivity index (χ3v) is 6.47. The van der Waals surface area contributed by atoms with E-state index in [2.05, 4.69) is 68.7 Å². The molecule has 1 unspecified atom stereocenters. The first kappa shape index (κ1) is 17.6. The number of halogens is 2. The highest BCUT2D eigenvalue weighted by Gasteiger charge is 2.20. The van der Waals surface area contributed by atoms with Crippen LogP contribution in [0.1, 0.15) is 24.3 Å². The molecule has 0 aliphatic carbocycles. The number of nitrogens with zero attached hydrogens (tertiary/aromatic N) is 2. The van der Waals surface area contributed by atoms with Crippen LogP contribution in [0.15, 0.2) is 14.3 Å². The van der Waals surface area contributed by atoms with E-state index in [0.717, 1.165) is 27.9 Å². The number of nitrogens with two attached hydrogens (primary N) is 1. The average Bonchev–Trinajstić information content (AvgIpc) is 2.68. The van der Waals surface area contributed by atoms with Crippen LogP contribution in [-0.4, -0.2) is 50.1 Å². The van der Waals surface area contributed by atoms with Gasteiger partial charge in [-0.3, -0.25) is 4.90 Å². The molecule has 0 aliphatic rings. The van der Waals surface area contributed by atoms with Gasteiger partial charge in [-0.1, -0.05) is 6.92 Å². The van der Waals surface area contributed by atoms with Crippen LogP contribution in [0.3, 0.4) is 0 Å². The Morgan fingerprint density at radius 1 is 1.32 bits per heavy atom. The standard InChI is InChI=1S/C13H23Br2N3S/c1-4-18(7-5-6-17(2)3)11(9-16)12-8-10(14)13(15)19-12/h8,11H,4-7,9,16H2,1-3H3. The fourth-order valence-electron chi connectivity index (χ4n) is 2.10. The van der Waals surface area contributed by atoms with E-state index in [-0.39, 0.29) is 0 Å². The topological polar surface area (TPSA) is 32.5 Å². The summed E-state index contributed by atoms with van der Waals surface area (Å²) in [7, 11) is 4.23. The van der Waals surface area contributed by atoms with Gasteiger partial charge in [-0.15, -0.1) is 11.3 Å². The lowest BCUT2D eigenvalue weighted by Gasteiger charge is -2.29. The molecular weight excluding hydrogens is 390 g/mol. The van der Waals surface area contributed by atoms with Crippen molar-refractivity contribution in [1.82, 2.24) is 9.80 Å². The monoisotopic (exact) mass is 411 g/mol. The molecule has 6 heteroatoms. The largest absolute Gasteiger partial charge is 0.329 e. The van der Waals surface area contributed by atoms with Crippen LogP contribution in [0.4, 0.5) is 0 Å². The van der Waals surface area contributed by atoms with E-state index in [1.54, 1.807) is 11.3 Å². The van der Waals surface area contributed by atoms with Crippen molar-refractivity contribution in [2.75, 3.05) is 40.3 Å². The lowest BCUT2D eigenvalue weighted by atomic mass is 10.2. The SMILES string of the molecule is CCN(CCCN(C)C)C(CN)c1cc(Br)c(Br)s1. The number of hydrogen-bond donors (Lipinski definition) is 1. The van der Waals surface area contributed by atoms with Gasteiger partial charge >= 0.3 is 0 Å². The molecule has 1 rings (SSSR count). The molecule has 3 nitrogen and oxygen atoms in total. The van der Waals surface area contributed by atoms with Crippen molar-refractivity contribution in [2.45, 2.75) is 19.4 Å². The third-order valence-electron chi connectivity index (χ3n) is 3.11. The van der Waals surface area contributed by atoms with E-state index in [9.17, 15) is 0 Å². The summed E-state index contributed by atoms with van der Waals surface area (Å²) in [5.74, 6) is 0. The van der Waals surface area contributed by atoms with Gasteiger partial charge in [-0.2, -0.15) is 0 Å². The smallest absolute Gasteiger partial charge is 0.0843 e. The van der Waals surface area contributed by atoms with E-state index < -0.39 is 0 Å². The summed E-state index contributed by atoms with van der Waals surface area (Å²) in [6, 6.07) is 2.50.